The van der Waals surface area contributed by atoms with Gasteiger partial charge in [0.05, 0.1) is 29.5 Å². The van der Waals surface area contributed by atoms with Crippen molar-refractivity contribution in [3.05, 3.63) is 108 Å². The van der Waals surface area contributed by atoms with E-state index in [1.165, 1.54) is 4.88 Å². The van der Waals surface area contributed by atoms with Crippen LogP contribution in [0.5, 0.6) is 0 Å². The molecule has 2 aromatic carbocycles. The van der Waals surface area contributed by atoms with E-state index in [4.69, 9.17) is 0 Å². The first kappa shape index (κ1) is 23.1. The van der Waals surface area contributed by atoms with Crippen molar-refractivity contribution in [1.29, 1.82) is 0 Å². The summed E-state index contributed by atoms with van der Waals surface area (Å²) in [5.74, 6) is -0.0814. The summed E-state index contributed by atoms with van der Waals surface area (Å²) in [6.45, 7) is 0. The Morgan fingerprint density at radius 2 is 1.82 bits per heavy atom. The van der Waals surface area contributed by atoms with Crippen molar-refractivity contribution in [3.8, 4) is 33.0 Å². The van der Waals surface area contributed by atoms with E-state index in [9.17, 15) is 4.79 Å². The van der Waals surface area contributed by atoms with Crippen LogP contribution in [0.25, 0.3) is 54.9 Å². The SMILES string of the molecule is O=C(Cc1ccccc1)Nc1cncc(-c2ccc3[nH]nc(-c4cc5c(-c6cccs6)ccnc5[nH]4)c3c2)c1. The molecule has 0 unspecified atom stereocenters. The standard InChI is InChI=1S/C31H22N6OS/c38-29(13-19-5-2-1-3-6-19)34-22-14-21(17-32-18-22)20-8-9-26-25(15-20)30(37-36-26)27-16-24-23(28-7-4-12-39-28)10-11-33-31(24)35-27/h1-12,14-18H,13H2,(H,33,35)(H,34,38)(H,36,37). The Labute approximate surface area is 227 Å². The Morgan fingerprint density at radius 3 is 2.69 bits per heavy atom. The van der Waals surface area contributed by atoms with E-state index in [2.05, 4.69) is 60.1 Å². The lowest BCUT2D eigenvalue weighted by molar-refractivity contribution is -0.115. The van der Waals surface area contributed by atoms with Crippen molar-refractivity contribution in [1.82, 2.24) is 25.1 Å². The quantitative estimate of drug-likeness (QED) is 0.216. The van der Waals surface area contributed by atoms with Crippen LogP contribution in [-0.2, 0) is 11.2 Å². The van der Waals surface area contributed by atoms with Crippen LogP contribution in [-0.4, -0.2) is 31.1 Å². The molecule has 5 heterocycles. The van der Waals surface area contributed by atoms with Crippen molar-refractivity contribution in [2.24, 2.45) is 0 Å². The van der Waals surface area contributed by atoms with Crippen LogP contribution in [0.1, 0.15) is 5.56 Å². The van der Waals surface area contributed by atoms with Crippen LogP contribution in [0.2, 0.25) is 0 Å². The molecule has 5 aromatic heterocycles. The second-order valence-electron chi connectivity index (χ2n) is 9.29. The van der Waals surface area contributed by atoms with E-state index in [1.807, 2.05) is 60.8 Å². The number of carbonyl (C=O) groups is 1. The lowest BCUT2D eigenvalue weighted by Crippen LogP contribution is -2.14. The Balaban J connectivity index is 1.21. The number of rotatable bonds is 6. The summed E-state index contributed by atoms with van der Waals surface area (Å²) in [6.07, 6.45) is 5.60. The zero-order valence-corrected chi connectivity index (χ0v) is 21.5. The van der Waals surface area contributed by atoms with Gasteiger partial charge in [-0.15, -0.1) is 11.3 Å². The van der Waals surface area contributed by atoms with Crippen LogP contribution in [0.4, 0.5) is 5.69 Å². The number of aromatic amines is 2. The summed E-state index contributed by atoms with van der Waals surface area (Å²) in [7, 11) is 0. The number of pyridine rings is 2. The first-order valence-electron chi connectivity index (χ1n) is 12.5. The molecule has 0 bridgehead atoms. The fourth-order valence-corrected chi connectivity index (χ4v) is 5.62. The number of benzene rings is 2. The second-order valence-corrected chi connectivity index (χ2v) is 10.2. The first-order valence-corrected chi connectivity index (χ1v) is 13.4. The molecule has 8 heteroatoms. The van der Waals surface area contributed by atoms with E-state index in [-0.39, 0.29) is 5.91 Å². The van der Waals surface area contributed by atoms with Crippen LogP contribution < -0.4 is 5.32 Å². The molecule has 0 saturated heterocycles. The van der Waals surface area contributed by atoms with E-state index in [1.54, 1.807) is 23.7 Å². The van der Waals surface area contributed by atoms with Crippen molar-refractivity contribution in [2.75, 3.05) is 5.32 Å². The number of hydrogen-bond donors (Lipinski definition) is 3. The second kappa shape index (κ2) is 9.66. The summed E-state index contributed by atoms with van der Waals surface area (Å²) < 4.78 is 0. The van der Waals surface area contributed by atoms with Crippen LogP contribution in [0.3, 0.4) is 0 Å². The van der Waals surface area contributed by atoms with E-state index < -0.39 is 0 Å². The van der Waals surface area contributed by atoms with Gasteiger partial charge in [0.25, 0.3) is 0 Å². The Kier molecular flexibility index (Phi) is 5.71. The molecule has 39 heavy (non-hydrogen) atoms. The van der Waals surface area contributed by atoms with Gasteiger partial charge in [-0.3, -0.25) is 14.9 Å². The van der Waals surface area contributed by atoms with Crippen molar-refractivity contribution >= 4 is 44.9 Å². The number of H-pyrrole nitrogens is 2. The Hall–Kier alpha value is -5.08. The van der Waals surface area contributed by atoms with Crippen molar-refractivity contribution < 1.29 is 4.79 Å². The van der Waals surface area contributed by atoms with Gasteiger partial charge in [-0.1, -0.05) is 42.5 Å². The average Bonchev–Trinajstić information content (AvgIpc) is 3.73. The molecule has 0 atom stereocenters. The molecule has 188 valence electrons. The summed E-state index contributed by atoms with van der Waals surface area (Å²) >= 11 is 1.71. The van der Waals surface area contributed by atoms with Gasteiger partial charge < -0.3 is 10.3 Å². The molecule has 0 aliphatic heterocycles. The number of aromatic nitrogens is 5. The van der Waals surface area contributed by atoms with Gasteiger partial charge in [0.2, 0.25) is 5.91 Å². The normalized spacial score (nSPS) is 11.3. The number of fused-ring (bicyclic) bond motifs is 2. The van der Waals surface area contributed by atoms with Gasteiger partial charge in [-0.25, -0.2) is 4.98 Å². The minimum absolute atomic E-state index is 0.0814. The number of nitrogens with one attached hydrogen (secondary N) is 3. The molecule has 3 N–H and O–H groups in total. The number of thiophene rings is 1. The fraction of sp³-hybridized carbons (Fsp3) is 0.0323. The highest BCUT2D eigenvalue weighted by atomic mass is 32.1. The largest absolute Gasteiger partial charge is 0.338 e. The lowest BCUT2D eigenvalue weighted by atomic mass is 10.0. The molecule has 0 aliphatic carbocycles. The maximum Gasteiger partial charge on any atom is 0.228 e. The van der Waals surface area contributed by atoms with Crippen LogP contribution in [0.15, 0.2) is 103 Å². The average molecular weight is 527 g/mol. The number of amides is 1. The molecule has 0 saturated carbocycles. The summed E-state index contributed by atoms with van der Waals surface area (Å²) in [5.41, 5.74) is 8.12. The summed E-state index contributed by atoms with van der Waals surface area (Å²) in [5, 5.41) is 14.9. The molecule has 7 aromatic rings. The van der Waals surface area contributed by atoms with E-state index in [0.29, 0.717) is 12.1 Å². The third kappa shape index (κ3) is 4.47. The number of hydrogen-bond acceptors (Lipinski definition) is 5. The van der Waals surface area contributed by atoms with Crippen molar-refractivity contribution in [2.45, 2.75) is 6.42 Å². The third-order valence-corrected chi connectivity index (χ3v) is 7.60. The molecule has 0 fully saturated rings. The first-order chi connectivity index (χ1) is 19.2. The molecular formula is C31H22N6OS. The molecule has 0 aliphatic rings. The zero-order valence-electron chi connectivity index (χ0n) is 20.7. The van der Waals surface area contributed by atoms with Gasteiger partial charge in [-0.2, -0.15) is 5.10 Å². The third-order valence-electron chi connectivity index (χ3n) is 6.70. The number of anilines is 1. The predicted octanol–water partition coefficient (Wildman–Crippen LogP) is 7.08. The van der Waals surface area contributed by atoms with E-state index >= 15 is 0 Å². The number of carbonyl (C=O) groups excluding carboxylic acids is 1. The monoisotopic (exact) mass is 526 g/mol. The minimum atomic E-state index is -0.0814. The molecule has 7 rings (SSSR count). The number of nitrogens with zero attached hydrogens (tertiary/aromatic N) is 3. The van der Waals surface area contributed by atoms with Gasteiger partial charge in [0.15, 0.2) is 0 Å². The van der Waals surface area contributed by atoms with Crippen LogP contribution >= 0.6 is 11.3 Å². The van der Waals surface area contributed by atoms with Gasteiger partial charge in [0, 0.05) is 39.2 Å². The Bertz CT molecular complexity index is 1940. The molecule has 0 spiro atoms. The van der Waals surface area contributed by atoms with Gasteiger partial charge in [-0.05, 0) is 52.9 Å². The molecular weight excluding hydrogens is 504 g/mol. The zero-order chi connectivity index (χ0) is 26.2. The maximum atomic E-state index is 12.6. The van der Waals surface area contributed by atoms with Crippen LogP contribution in [0, 0.1) is 0 Å². The highest BCUT2D eigenvalue weighted by Gasteiger charge is 2.15. The highest BCUT2D eigenvalue weighted by Crippen LogP contribution is 2.36. The van der Waals surface area contributed by atoms with Gasteiger partial charge >= 0.3 is 0 Å². The molecule has 0 radical (unpaired) electrons. The lowest BCUT2D eigenvalue weighted by Gasteiger charge is -2.08. The Morgan fingerprint density at radius 1 is 0.897 bits per heavy atom. The summed E-state index contributed by atoms with van der Waals surface area (Å²) in [6, 6.07) is 26.1. The minimum Gasteiger partial charge on any atom is -0.338 e. The van der Waals surface area contributed by atoms with E-state index in [0.717, 1.165) is 55.6 Å². The van der Waals surface area contributed by atoms with Gasteiger partial charge in [0.1, 0.15) is 11.3 Å². The molecule has 7 nitrogen and oxygen atoms in total. The topological polar surface area (TPSA) is 99.3 Å². The fourth-order valence-electron chi connectivity index (χ4n) is 4.85. The highest BCUT2D eigenvalue weighted by molar-refractivity contribution is 7.13. The smallest absolute Gasteiger partial charge is 0.228 e. The van der Waals surface area contributed by atoms with Crippen molar-refractivity contribution in [3.63, 3.8) is 0 Å². The predicted molar refractivity (Wildman–Crippen MR) is 157 cm³/mol. The molecule has 1 amide bonds. The maximum absolute atomic E-state index is 12.6. The summed E-state index contributed by atoms with van der Waals surface area (Å²) in [4.78, 5) is 26.2.